The molecule has 134 valence electrons. The monoisotopic (exact) mass is 315 g/mol. The van der Waals surface area contributed by atoms with Crippen molar-refractivity contribution < 1.29 is 23.9 Å². The van der Waals surface area contributed by atoms with Crippen LogP contribution >= 0.6 is 0 Å². The smallest absolute Gasteiger partial charge is 0.406 e. The fourth-order valence-electron chi connectivity index (χ4n) is 0.227. The van der Waals surface area contributed by atoms with Gasteiger partial charge in [-0.15, -0.1) is 0 Å². The third kappa shape index (κ3) is 72.0. The van der Waals surface area contributed by atoms with Gasteiger partial charge in [0.05, 0.1) is 14.2 Å². The number of ether oxygens (including phenoxy) is 2. The number of amides is 3. The van der Waals surface area contributed by atoms with E-state index in [4.69, 9.17) is 0 Å². The summed E-state index contributed by atoms with van der Waals surface area (Å²) in [6.45, 7) is 1.36. The lowest BCUT2D eigenvalue weighted by atomic mass is 10.8. The number of esters is 1. The molecular weight excluding hydrogens is 278 g/mol. The van der Waals surface area contributed by atoms with Crippen molar-refractivity contribution in [2.75, 3.05) is 35.4 Å². The number of hydrogen-bond acceptors (Lipinski definition) is 5. The number of rotatable bonds is 0. The molecule has 3 amide bonds. The molecule has 0 saturated carbocycles. The van der Waals surface area contributed by atoms with Crippen LogP contribution in [-0.2, 0) is 14.3 Å². The second kappa shape index (κ2) is 36.1. The predicted molar refractivity (Wildman–Crippen MR) is 89.6 cm³/mol. The van der Waals surface area contributed by atoms with Crippen molar-refractivity contribution in [1.82, 2.24) is 16.0 Å². The van der Waals surface area contributed by atoms with Crippen LogP contribution < -0.4 is 16.0 Å². The summed E-state index contributed by atoms with van der Waals surface area (Å²) in [5.74, 6) is -0.245. The molecular formula is C13H37N3O5. The predicted octanol–water partition coefficient (Wildman–Crippen LogP) is 2.24. The van der Waals surface area contributed by atoms with Crippen LogP contribution in [0.3, 0.4) is 0 Å². The summed E-state index contributed by atoms with van der Waals surface area (Å²) in [5.41, 5.74) is 0. The van der Waals surface area contributed by atoms with Crippen molar-refractivity contribution in [2.24, 2.45) is 0 Å². The number of nitrogens with one attached hydrogen (secondary N) is 3. The van der Waals surface area contributed by atoms with Crippen LogP contribution in [0, 0.1) is 0 Å². The number of urea groups is 1. The topological polar surface area (TPSA) is 106 Å². The first kappa shape index (κ1) is 42.7. The lowest BCUT2D eigenvalue weighted by Crippen LogP contribution is -2.28. The summed E-state index contributed by atoms with van der Waals surface area (Å²) in [4.78, 5) is 29.4. The lowest BCUT2D eigenvalue weighted by Gasteiger charge is -1.91. The maximum atomic E-state index is 9.96. The summed E-state index contributed by atoms with van der Waals surface area (Å²) in [6, 6.07) is -0.157. The van der Waals surface area contributed by atoms with E-state index in [2.05, 4.69) is 25.4 Å². The van der Waals surface area contributed by atoms with Crippen LogP contribution in [0.5, 0.6) is 0 Å². The van der Waals surface area contributed by atoms with Crippen molar-refractivity contribution >= 4 is 18.1 Å². The zero-order valence-corrected chi connectivity index (χ0v) is 11.0. The quantitative estimate of drug-likeness (QED) is 0.594. The molecule has 0 aliphatic heterocycles. The molecule has 3 N–H and O–H groups in total. The van der Waals surface area contributed by atoms with Crippen molar-refractivity contribution in [3.8, 4) is 0 Å². The Kier molecular flexibility index (Phi) is 73.5. The van der Waals surface area contributed by atoms with E-state index in [1.165, 1.54) is 28.2 Å². The van der Waals surface area contributed by atoms with Crippen molar-refractivity contribution in [3.05, 3.63) is 0 Å². The highest BCUT2D eigenvalue weighted by Gasteiger charge is 1.85. The summed E-state index contributed by atoms with van der Waals surface area (Å²) in [5, 5.41) is 6.98. The highest BCUT2D eigenvalue weighted by atomic mass is 16.5. The molecule has 0 unspecified atom stereocenters. The first-order chi connectivity index (χ1) is 7.89. The van der Waals surface area contributed by atoms with Gasteiger partial charge in [-0.25, -0.2) is 9.59 Å². The van der Waals surface area contributed by atoms with E-state index in [1.807, 2.05) is 0 Å². The van der Waals surface area contributed by atoms with Gasteiger partial charge in [0.1, 0.15) is 0 Å². The minimum absolute atomic E-state index is 0. The van der Waals surface area contributed by atoms with Gasteiger partial charge in [-0.3, -0.25) is 4.79 Å². The van der Waals surface area contributed by atoms with Crippen LogP contribution in [-0.4, -0.2) is 53.5 Å². The first-order valence-corrected chi connectivity index (χ1v) is 4.59. The van der Waals surface area contributed by atoms with Crippen molar-refractivity contribution in [1.29, 1.82) is 0 Å². The fraction of sp³-hybridized carbons (Fsp3) is 0.769. The average Bonchev–Trinajstić information content (AvgIpc) is 2.37. The molecule has 8 heteroatoms. The summed E-state index contributed by atoms with van der Waals surface area (Å²) < 4.78 is 8.26. The molecule has 0 radical (unpaired) electrons. The Morgan fingerprint density at radius 2 is 1.00 bits per heavy atom. The Labute approximate surface area is 131 Å². The first-order valence-electron chi connectivity index (χ1n) is 4.59. The highest BCUT2D eigenvalue weighted by molar-refractivity contribution is 5.72. The number of carbonyl (C=O) groups excluding carboxylic acids is 3. The third-order valence-electron chi connectivity index (χ3n) is 1.13. The van der Waals surface area contributed by atoms with Gasteiger partial charge in [0.2, 0.25) is 0 Å². The van der Waals surface area contributed by atoms with Crippen LogP contribution in [0.4, 0.5) is 9.59 Å². The molecule has 0 aromatic heterocycles. The lowest BCUT2D eigenvalue weighted by molar-refractivity contribution is -0.137. The Morgan fingerprint density at radius 1 is 0.714 bits per heavy atom. The van der Waals surface area contributed by atoms with Gasteiger partial charge < -0.3 is 25.4 Å². The van der Waals surface area contributed by atoms with E-state index in [0.29, 0.717) is 0 Å². The fourth-order valence-corrected chi connectivity index (χ4v) is 0.227. The van der Waals surface area contributed by atoms with Gasteiger partial charge in [0.15, 0.2) is 0 Å². The average molecular weight is 315 g/mol. The van der Waals surface area contributed by atoms with Gasteiger partial charge in [-0.1, -0.05) is 29.7 Å². The molecule has 0 rings (SSSR count). The minimum atomic E-state index is -0.407. The van der Waals surface area contributed by atoms with Gasteiger partial charge in [-0.2, -0.15) is 0 Å². The Balaban J connectivity index is -0.0000000257. The molecule has 0 aliphatic carbocycles. The van der Waals surface area contributed by atoms with E-state index in [0.717, 1.165) is 0 Å². The SMILES string of the molecule is C.C.C.C.CNC(=O)NC.CNC(=O)OC.COC(C)=O. The maximum Gasteiger partial charge on any atom is 0.406 e. The largest absolute Gasteiger partial charge is 0.469 e. The number of hydrogen-bond donors (Lipinski definition) is 3. The molecule has 8 nitrogen and oxygen atoms in total. The number of alkyl carbamates (subject to hydrolysis) is 1. The van der Waals surface area contributed by atoms with Gasteiger partial charge in [-0.05, 0) is 0 Å². The molecule has 0 atom stereocenters. The highest BCUT2D eigenvalue weighted by Crippen LogP contribution is 1.62. The minimum Gasteiger partial charge on any atom is -0.469 e. The third-order valence-corrected chi connectivity index (χ3v) is 1.13. The summed E-state index contributed by atoms with van der Waals surface area (Å²) in [7, 11) is 7.31. The molecule has 0 heterocycles. The van der Waals surface area contributed by atoms with Crippen molar-refractivity contribution in [3.63, 3.8) is 0 Å². The molecule has 0 saturated heterocycles. The van der Waals surface area contributed by atoms with E-state index < -0.39 is 6.09 Å². The second-order valence-corrected chi connectivity index (χ2v) is 2.27. The normalized spacial score (nSPS) is 5.62. The van der Waals surface area contributed by atoms with Crippen LogP contribution in [0.25, 0.3) is 0 Å². The Hall–Kier alpha value is -1.99. The van der Waals surface area contributed by atoms with Gasteiger partial charge >= 0.3 is 18.1 Å². The van der Waals surface area contributed by atoms with Crippen molar-refractivity contribution in [2.45, 2.75) is 36.6 Å². The Bertz CT molecular complexity index is 196. The maximum absolute atomic E-state index is 9.96. The molecule has 0 aromatic rings. The molecule has 0 aromatic carbocycles. The molecule has 0 spiro atoms. The van der Waals surface area contributed by atoms with E-state index in [1.54, 1.807) is 14.1 Å². The summed E-state index contributed by atoms with van der Waals surface area (Å²) in [6.07, 6.45) is -0.407. The van der Waals surface area contributed by atoms with Crippen LogP contribution in [0.15, 0.2) is 0 Å². The Morgan fingerprint density at radius 3 is 1.00 bits per heavy atom. The van der Waals surface area contributed by atoms with Gasteiger partial charge in [0.25, 0.3) is 0 Å². The summed E-state index contributed by atoms with van der Waals surface area (Å²) >= 11 is 0. The molecule has 0 aliphatic rings. The molecule has 0 bridgehead atoms. The molecule has 21 heavy (non-hydrogen) atoms. The van der Waals surface area contributed by atoms with Gasteiger partial charge in [0, 0.05) is 28.1 Å². The number of methoxy groups -OCH3 is 2. The molecule has 0 fully saturated rings. The van der Waals surface area contributed by atoms with E-state index >= 15 is 0 Å². The van der Waals surface area contributed by atoms with E-state index in [9.17, 15) is 14.4 Å². The number of carbonyl (C=O) groups is 3. The van der Waals surface area contributed by atoms with E-state index in [-0.39, 0.29) is 41.7 Å². The zero-order chi connectivity index (χ0) is 14.3. The zero-order valence-electron chi connectivity index (χ0n) is 11.0. The van der Waals surface area contributed by atoms with Crippen LogP contribution in [0.1, 0.15) is 36.6 Å². The van der Waals surface area contributed by atoms with Crippen LogP contribution in [0.2, 0.25) is 0 Å². The standard InChI is InChI=1S/C3H8N2O.C3H7NO2.C3H6O2.4CH4/c1-4-3(6)5-2;1-4-3(5)6-2;1-3(4)5-2;;;;/h1-2H3,(H2,4,5,6);1-2H3,(H,4,5);1-2H3;4*1H4. The second-order valence-electron chi connectivity index (χ2n) is 2.27.